The molecule has 0 bridgehead atoms. The van der Waals surface area contributed by atoms with Crippen molar-refractivity contribution in [3.8, 4) is 5.69 Å². The molecule has 0 atom stereocenters. The van der Waals surface area contributed by atoms with Crippen LogP contribution < -0.4 is 5.32 Å². The molecule has 2 heteroatoms. The van der Waals surface area contributed by atoms with Crippen molar-refractivity contribution < 1.29 is 0 Å². The summed E-state index contributed by atoms with van der Waals surface area (Å²) in [5.41, 5.74) is 4.86. The molecular weight excluding hydrogens is 280 g/mol. The van der Waals surface area contributed by atoms with E-state index in [2.05, 4.69) is 96.5 Å². The van der Waals surface area contributed by atoms with Crippen LogP contribution in [0.2, 0.25) is 0 Å². The van der Waals surface area contributed by atoms with Crippen LogP contribution in [0.25, 0.3) is 27.5 Å². The van der Waals surface area contributed by atoms with Gasteiger partial charge >= 0.3 is 0 Å². The number of rotatable bonds is 3. The molecule has 0 saturated carbocycles. The van der Waals surface area contributed by atoms with E-state index in [4.69, 9.17) is 0 Å². The second-order valence-corrected chi connectivity index (χ2v) is 6.22. The van der Waals surface area contributed by atoms with E-state index in [0.717, 1.165) is 0 Å². The number of para-hydroxylation sites is 2. The molecular formula is C21H20N2. The Morgan fingerprint density at radius 3 is 2.22 bits per heavy atom. The zero-order valence-corrected chi connectivity index (χ0v) is 13.5. The predicted octanol–water partition coefficient (Wildman–Crippen LogP) is 5.60. The molecule has 0 aliphatic rings. The minimum absolute atomic E-state index is 0.426. The molecule has 0 aliphatic carbocycles. The van der Waals surface area contributed by atoms with Crippen LogP contribution in [0.3, 0.4) is 0 Å². The second kappa shape index (κ2) is 5.47. The fraction of sp³-hybridized carbons (Fsp3) is 0.143. The summed E-state index contributed by atoms with van der Waals surface area (Å²) >= 11 is 0. The monoisotopic (exact) mass is 300 g/mol. The van der Waals surface area contributed by atoms with Crippen LogP contribution in [-0.4, -0.2) is 10.6 Å². The normalized spacial score (nSPS) is 11.4. The van der Waals surface area contributed by atoms with E-state index in [9.17, 15) is 0 Å². The van der Waals surface area contributed by atoms with Crippen LogP contribution in [0.4, 0.5) is 5.69 Å². The lowest BCUT2D eigenvalue weighted by molar-refractivity contribution is 0.900. The third-order valence-corrected chi connectivity index (χ3v) is 4.14. The summed E-state index contributed by atoms with van der Waals surface area (Å²) in [6.07, 6.45) is 0. The van der Waals surface area contributed by atoms with Crippen molar-refractivity contribution in [2.45, 2.75) is 19.9 Å². The highest BCUT2D eigenvalue weighted by atomic mass is 15.0. The van der Waals surface area contributed by atoms with Crippen molar-refractivity contribution in [3.05, 3.63) is 72.8 Å². The Hall–Kier alpha value is -2.74. The topological polar surface area (TPSA) is 17.0 Å². The molecule has 1 heterocycles. The Bertz CT molecular complexity index is 965. The van der Waals surface area contributed by atoms with Crippen molar-refractivity contribution in [1.29, 1.82) is 0 Å². The quantitative estimate of drug-likeness (QED) is 0.521. The Balaban J connectivity index is 2.05. The number of hydrogen-bond donors (Lipinski definition) is 1. The summed E-state index contributed by atoms with van der Waals surface area (Å²) in [7, 11) is 0. The minimum atomic E-state index is 0.426. The van der Waals surface area contributed by atoms with E-state index < -0.39 is 0 Å². The van der Waals surface area contributed by atoms with E-state index in [0.29, 0.717) is 6.04 Å². The van der Waals surface area contributed by atoms with Crippen molar-refractivity contribution in [2.75, 3.05) is 5.32 Å². The van der Waals surface area contributed by atoms with Crippen LogP contribution >= 0.6 is 0 Å². The standard InChI is InChI=1S/C21H20N2/c1-15(2)22-16-12-13-21-19(14-16)18-10-6-7-11-20(18)23(21)17-8-4-3-5-9-17/h3-15,22H,1-2H3. The Labute approximate surface area is 136 Å². The zero-order chi connectivity index (χ0) is 15.8. The highest BCUT2D eigenvalue weighted by Crippen LogP contribution is 2.33. The molecule has 0 aliphatic heterocycles. The van der Waals surface area contributed by atoms with Crippen molar-refractivity contribution in [3.63, 3.8) is 0 Å². The van der Waals surface area contributed by atoms with Gasteiger partial charge in [-0.1, -0.05) is 36.4 Å². The summed E-state index contributed by atoms with van der Waals surface area (Å²) in [6, 6.07) is 26.2. The maximum Gasteiger partial charge on any atom is 0.0542 e. The molecule has 0 fully saturated rings. The summed E-state index contributed by atoms with van der Waals surface area (Å²) in [5, 5.41) is 6.08. The summed E-state index contributed by atoms with van der Waals surface area (Å²) in [5.74, 6) is 0. The molecule has 3 aromatic carbocycles. The number of fused-ring (bicyclic) bond motifs is 3. The van der Waals surface area contributed by atoms with E-state index in [1.807, 2.05) is 0 Å². The lowest BCUT2D eigenvalue weighted by atomic mass is 10.1. The maximum absolute atomic E-state index is 3.50. The van der Waals surface area contributed by atoms with Gasteiger partial charge in [-0.2, -0.15) is 0 Å². The molecule has 2 nitrogen and oxygen atoms in total. The molecule has 4 aromatic rings. The van der Waals surface area contributed by atoms with E-state index in [-0.39, 0.29) is 0 Å². The van der Waals surface area contributed by atoms with Crippen molar-refractivity contribution in [2.24, 2.45) is 0 Å². The molecule has 0 unspecified atom stereocenters. The fourth-order valence-corrected chi connectivity index (χ4v) is 3.25. The van der Waals surface area contributed by atoms with Crippen LogP contribution in [0.5, 0.6) is 0 Å². The number of anilines is 1. The average molecular weight is 300 g/mol. The Morgan fingerprint density at radius 1 is 0.739 bits per heavy atom. The van der Waals surface area contributed by atoms with Crippen molar-refractivity contribution >= 4 is 27.5 Å². The summed E-state index contributed by atoms with van der Waals surface area (Å²) in [6.45, 7) is 4.33. The molecule has 23 heavy (non-hydrogen) atoms. The number of nitrogens with one attached hydrogen (secondary N) is 1. The minimum Gasteiger partial charge on any atom is -0.383 e. The fourth-order valence-electron chi connectivity index (χ4n) is 3.25. The van der Waals surface area contributed by atoms with Gasteiger partial charge in [-0.15, -0.1) is 0 Å². The van der Waals surface area contributed by atoms with Crippen LogP contribution in [0.15, 0.2) is 72.8 Å². The number of benzene rings is 3. The summed E-state index contributed by atoms with van der Waals surface area (Å²) < 4.78 is 2.34. The van der Waals surface area contributed by atoms with Gasteiger partial charge < -0.3 is 9.88 Å². The lowest BCUT2D eigenvalue weighted by Gasteiger charge is -2.11. The van der Waals surface area contributed by atoms with Crippen LogP contribution in [-0.2, 0) is 0 Å². The first-order valence-electron chi connectivity index (χ1n) is 8.09. The number of aromatic nitrogens is 1. The number of nitrogens with zero attached hydrogens (tertiary/aromatic N) is 1. The highest BCUT2D eigenvalue weighted by Gasteiger charge is 2.12. The van der Waals surface area contributed by atoms with Gasteiger partial charge in [-0.3, -0.25) is 0 Å². The van der Waals surface area contributed by atoms with Gasteiger partial charge in [-0.25, -0.2) is 0 Å². The van der Waals surface area contributed by atoms with E-state index in [1.165, 1.54) is 33.2 Å². The molecule has 4 rings (SSSR count). The molecule has 0 radical (unpaired) electrons. The van der Waals surface area contributed by atoms with Crippen LogP contribution in [0, 0.1) is 0 Å². The van der Waals surface area contributed by atoms with Gasteiger partial charge in [0.25, 0.3) is 0 Å². The molecule has 0 amide bonds. The van der Waals surface area contributed by atoms with Gasteiger partial charge in [0.15, 0.2) is 0 Å². The van der Waals surface area contributed by atoms with Crippen LogP contribution in [0.1, 0.15) is 13.8 Å². The SMILES string of the molecule is CC(C)Nc1ccc2c(c1)c1ccccc1n2-c1ccccc1. The smallest absolute Gasteiger partial charge is 0.0542 e. The first-order valence-corrected chi connectivity index (χ1v) is 8.09. The predicted molar refractivity (Wildman–Crippen MR) is 99.5 cm³/mol. The zero-order valence-electron chi connectivity index (χ0n) is 13.5. The Kier molecular flexibility index (Phi) is 3.30. The third kappa shape index (κ3) is 2.36. The summed E-state index contributed by atoms with van der Waals surface area (Å²) in [4.78, 5) is 0. The lowest BCUT2D eigenvalue weighted by Crippen LogP contribution is -2.09. The first-order chi connectivity index (χ1) is 11.2. The molecule has 114 valence electrons. The second-order valence-electron chi connectivity index (χ2n) is 6.22. The molecule has 1 aromatic heterocycles. The third-order valence-electron chi connectivity index (χ3n) is 4.14. The highest BCUT2D eigenvalue weighted by molar-refractivity contribution is 6.10. The average Bonchev–Trinajstić information content (AvgIpc) is 2.89. The van der Waals surface area contributed by atoms with E-state index >= 15 is 0 Å². The Morgan fingerprint density at radius 2 is 1.43 bits per heavy atom. The van der Waals surface area contributed by atoms with Gasteiger partial charge in [0.05, 0.1) is 11.0 Å². The molecule has 0 spiro atoms. The van der Waals surface area contributed by atoms with Gasteiger partial charge in [-0.05, 0) is 50.2 Å². The van der Waals surface area contributed by atoms with Gasteiger partial charge in [0.2, 0.25) is 0 Å². The first kappa shape index (κ1) is 13.9. The maximum atomic E-state index is 3.50. The van der Waals surface area contributed by atoms with Gasteiger partial charge in [0.1, 0.15) is 0 Å². The van der Waals surface area contributed by atoms with E-state index in [1.54, 1.807) is 0 Å². The number of hydrogen-bond acceptors (Lipinski definition) is 1. The molecule has 0 saturated heterocycles. The molecule has 1 N–H and O–H groups in total. The van der Waals surface area contributed by atoms with Gasteiger partial charge in [0, 0.05) is 28.2 Å². The largest absolute Gasteiger partial charge is 0.383 e. The van der Waals surface area contributed by atoms with Crippen molar-refractivity contribution in [1.82, 2.24) is 4.57 Å².